The summed E-state index contributed by atoms with van der Waals surface area (Å²) in [4.78, 5) is -0.0178. The molecule has 0 unspecified atom stereocenters. The molecule has 0 aliphatic carbocycles. The molecule has 1 aromatic carbocycles. The van der Waals surface area contributed by atoms with Gasteiger partial charge in [-0.05, 0) is 23.8 Å². The molecule has 19 heavy (non-hydrogen) atoms. The van der Waals surface area contributed by atoms with Crippen molar-refractivity contribution in [2.45, 2.75) is 11.0 Å². The molecule has 0 saturated heterocycles. The van der Waals surface area contributed by atoms with E-state index in [9.17, 15) is 16.8 Å². The molecular formula is C12H12O5S2. The van der Waals surface area contributed by atoms with E-state index in [1.807, 2.05) is 0 Å². The van der Waals surface area contributed by atoms with E-state index in [4.69, 9.17) is 4.18 Å². The molecule has 1 heterocycles. The van der Waals surface area contributed by atoms with Crippen molar-refractivity contribution >= 4 is 26.0 Å². The summed E-state index contributed by atoms with van der Waals surface area (Å²) in [5.74, 6) is -0.350. The Balaban J connectivity index is 2.19. The van der Waals surface area contributed by atoms with E-state index in [1.165, 1.54) is 18.2 Å². The van der Waals surface area contributed by atoms with Gasteiger partial charge >= 0.3 is 0 Å². The molecule has 7 heteroatoms. The summed E-state index contributed by atoms with van der Waals surface area (Å²) >= 11 is 0. The first-order chi connectivity index (χ1) is 8.82. The van der Waals surface area contributed by atoms with E-state index in [0.717, 1.165) is 11.0 Å². The van der Waals surface area contributed by atoms with Crippen molar-refractivity contribution in [1.29, 1.82) is 0 Å². The van der Waals surface area contributed by atoms with Crippen LogP contribution in [0.3, 0.4) is 0 Å². The molecule has 0 fully saturated rings. The third-order valence-corrected chi connectivity index (χ3v) is 5.27. The molecule has 2 rings (SSSR count). The topological polar surface area (TPSA) is 77.5 Å². The first-order valence-electron chi connectivity index (χ1n) is 5.39. The fourth-order valence-electron chi connectivity index (χ4n) is 1.60. The average Bonchev–Trinajstić information content (AvgIpc) is 2.68. The third-order valence-electron chi connectivity index (χ3n) is 2.55. The van der Waals surface area contributed by atoms with Crippen LogP contribution in [0.1, 0.15) is 5.56 Å². The van der Waals surface area contributed by atoms with Gasteiger partial charge in [-0.25, -0.2) is 8.42 Å². The molecule has 0 saturated carbocycles. The Hall–Kier alpha value is -1.44. The lowest BCUT2D eigenvalue weighted by molar-refractivity contribution is 0.279. The monoisotopic (exact) mass is 300 g/mol. The molecule has 0 amide bonds. The highest BCUT2D eigenvalue weighted by Crippen LogP contribution is 2.20. The summed E-state index contributed by atoms with van der Waals surface area (Å²) in [5.41, 5.74) is 0.780. The van der Waals surface area contributed by atoms with E-state index in [1.54, 1.807) is 18.2 Å². The number of rotatable bonds is 4. The molecule has 0 aromatic heterocycles. The zero-order valence-electron chi connectivity index (χ0n) is 9.89. The van der Waals surface area contributed by atoms with Crippen molar-refractivity contribution in [2.24, 2.45) is 0 Å². The van der Waals surface area contributed by atoms with Crippen LogP contribution < -0.4 is 0 Å². The minimum absolute atomic E-state index is 0.0178. The SMILES string of the molecule is C=Cc1ccc(S(=O)(=O)O[C@H]2C=CS(=O)(=O)C2)cc1. The summed E-state index contributed by atoms with van der Waals surface area (Å²) < 4.78 is 51.1. The quantitative estimate of drug-likeness (QED) is 0.784. The van der Waals surface area contributed by atoms with Gasteiger partial charge in [-0.1, -0.05) is 24.8 Å². The normalized spacial score (nSPS) is 21.4. The maximum Gasteiger partial charge on any atom is 0.297 e. The highest BCUT2D eigenvalue weighted by atomic mass is 32.2. The molecule has 0 radical (unpaired) electrons. The summed E-state index contributed by atoms with van der Waals surface area (Å²) in [6, 6.07) is 5.95. The number of benzene rings is 1. The van der Waals surface area contributed by atoms with Gasteiger partial charge in [0.1, 0.15) is 6.10 Å². The van der Waals surface area contributed by atoms with Crippen molar-refractivity contribution in [3.8, 4) is 0 Å². The molecular weight excluding hydrogens is 288 g/mol. The van der Waals surface area contributed by atoms with Gasteiger partial charge < -0.3 is 0 Å². The van der Waals surface area contributed by atoms with E-state index < -0.39 is 26.1 Å². The first kappa shape index (κ1) is 14.0. The number of hydrogen-bond acceptors (Lipinski definition) is 5. The minimum atomic E-state index is -3.97. The van der Waals surface area contributed by atoms with Crippen LogP contribution in [0.5, 0.6) is 0 Å². The van der Waals surface area contributed by atoms with Gasteiger partial charge in [-0.2, -0.15) is 8.42 Å². The molecule has 0 N–H and O–H groups in total. The molecule has 0 bridgehead atoms. The van der Waals surface area contributed by atoms with Gasteiger partial charge in [-0.15, -0.1) is 0 Å². The van der Waals surface area contributed by atoms with Crippen molar-refractivity contribution in [2.75, 3.05) is 5.75 Å². The first-order valence-corrected chi connectivity index (χ1v) is 8.51. The Labute approximate surface area is 112 Å². The summed E-state index contributed by atoms with van der Waals surface area (Å²) in [6.07, 6.45) is 1.85. The second-order valence-corrected chi connectivity index (χ2v) is 7.52. The van der Waals surface area contributed by atoms with Crippen molar-refractivity contribution in [3.63, 3.8) is 0 Å². The predicted molar refractivity (Wildman–Crippen MR) is 71.5 cm³/mol. The molecule has 1 atom stereocenters. The van der Waals surface area contributed by atoms with Gasteiger partial charge in [0.15, 0.2) is 9.84 Å². The molecule has 5 nitrogen and oxygen atoms in total. The maximum absolute atomic E-state index is 11.9. The van der Waals surface area contributed by atoms with Crippen LogP contribution in [0.15, 0.2) is 47.2 Å². The Morgan fingerprint density at radius 1 is 1.26 bits per heavy atom. The molecule has 1 aromatic rings. The van der Waals surface area contributed by atoms with Crippen molar-refractivity contribution in [3.05, 3.63) is 47.9 Å². The van der Waals surface area contributed by atoms with Crippen molar-refractivity contribution < 1.29 is 21.0 Å². The fraction of sp³-hybridized carbons (Fsp3) is 0.167. The Morgan fingerprint density at radius 3 is 2.37 bits per heavy atom. The van der Waals surface area contributed by atoms with E-state index in [-0.39, 0.29) is 10.6 Å². The van der Waals surface area contributed by atoms with Crippen LogP contribution >= 0.6 is 0 Å². The van der Waals surface area contributed by atoms with Gasteiger partial charge in [-0.3, -0.25) is 4.18 Å². The summed E-state index contributed by atoms with van der Waals surface area (Å²) in [6.45, 7) is 3.57. The average molecular weight is 300 g/mol. The summed E-state index contributed by atoms with van der Waals surface area (Å²) in [5, 5.41) is 0.966. The van der Waals surface area contributed by atoms with Crippen molar-refractivity contribution in [1.82, 2.24) is 0 Å². The second-order valence-electron chi connectivity index (χ2n) is 4.02. The highest BCUT2D eigenvalue weighted by Gasteiger charge is 2.28. The lowest BCUT2D eigenvalue weighted by Gasteiger charge is -2.09. The zero-order valence-corrected chi connectivity index (χ0v) is 11.5. The van der Waals surface area contributed by atoms with Gasteiger partial charge in [0.2, 0.25) is 0 Å². The zero-order chi connectivity index (χ0) is 14.1. The lowest BCUT2D eigenvalue weighted by Crippen LogP contribution is -2.20. The van der Waals surface area contributed by atoms with Gasteiger partial charge in [0.05, 0.1) is 10.6 Å². The fourth-order valence-corrected chi connectivity index (χ4v) is 3.88. The van der Waals surface area contributed by atoms with E-state index >= 15 is 0 Å². The van der Waals surface area contributed by atoms with Crippen LogP contribution in [0.4, 0.5) is 0 Å². The van der Waals surface area contributed by atoms with Crippen LogP contribution in [-0.2, 0) is 24.1 Å². The highest BCUT2D eigenvalue weighted by molar-refractivity contribution is 7.94. The Kier molecular flexibility index (Phi) is 3.62. The third kappa shape index (κ3) is 3.31. The Morgan fingerprint density at radius 2 is 1.89 bits per heavy atom. The van der Waals surface area contributed by atoms with E-state index in [2.05, 4.69) is 6.58 Å². The predicted octanol–water partition coefficient (Wildman–Crippen LogP) is 1.35. The standard InChI is InChI=1S/C12H12O5S2/c1-2-10-3-5-12(6-4-10)19(15,16)17-11-7-8-18(13,14)9-11/h2-8,11H,1,9H2/t11-/m0/s1. The minimum Gasteiger partial charge on any atom is -0.258 e. The van der Waals surface area contributed by atoms with Crippen LogP contribution in [0.2, 0.25) is 0 Å². The lowest BCUT2D eigenvalue weighted by atomic mass is 10.2. The molecule has 1 aliphatic rings. The number of sulfone groups is 1. The van der Waals surface area contributed by atoms with Gasteiger partial charge in [0, 0.05) is 5.41 Å². The molecule has 102 valence electrons. The van der Waals surface area contributed by atoms with Crippen LogP contribution in [0.25, 0.3) is 6.08 Å². The number of hydrogen-bond donors (Lipinski definition) is 0. The maximum atomic E-state index is 11.9. The second kappa shape index (κ2) is 4.92. The van der Waals surface area contributed by atoms with Crippen LogP contribution in [-0.4, -0.2) is 28.7 Å². The smallest absolute Gasteiger partial charge is 0.258 e. The largest absolute Gasteiger partial charge is 0.297 e. The molecule has 0 spiro atoms. The van der Waals surface area contributed by atoms with E-state index in [0.29, 0.717) is 0 Å². The van der Waals surface area contributed by atoms with Gasteiger partial charge in [0.25, 0.3) is 10.1 Å². The van der Waals surface area contributed by atoms with Crippen LogP contribution in [0, 0.1) is 0 Å². The molecule has 1 aliphatic heterocycles. The summed E-state index contributed by atoms with van der Waals surface area (Å²) in [7, 11) is -7.31. The Bertz CT molecular complexity index is 712.